The molecule has 0 fully saturated rings. The van der Waals surface area contributed by atoms with Crippen LogP contribution in [0, 0.1) is 17.2 Å². The lowest BCUT2D eigenvalue weighted by atomic mass is 10.0. The Labute approximate surface area is 140 Å². The Balaban J connectivity index is 3.28. The largest absolute Gasteiger partial charge is 0.467 e. The number of aryl methyl sites for hydroxylation is 1. The maximum Gasteiger partial charge on any atom is 0.318 e. The molecule has 0 aliphatic carbocycles. The van der Waals surface area contributed by atoms with Crippen molar-refractivity contribution in [3.63, 3.8) is 0 Å². The number of hydrogen-bond acceptors (Lipinski definition) is 5. The van der Waals surface area contributed by atoms with Gasteiger partial charge in [-0.2, -0.15) is 15.2 Å². The van der Waals surface area contributed by atoms with Gasteiger partial charge in [0.15, 0.2) is 0 Å². The number of methoxy groups -OCH3 is 1. The van der Waals surface area contributed by atoms with Crippen LogP contribution >= 0.6 is 0 Å². The van der Waals surface area contributed by atoms with Gasteiger partial charge >= 0.3 is 6.01 Å². The number of aromatic nitrogens is 2. The van der Waals surface area contributed by atoms with Gasteiger partial charge in [-0.05, 0) is 25.2 Å². The highest BCUT2D eigenvalue weighted by Gasteiger charge is 2.20. The third-order valence-corrected chi connectivity index (χ3v) is 3.83. The number of hydrogen-bond donors (Lipinski definition) is 0. The first-order chi connectivity index (χ1) is 11.1. The molecule has 1 atom stereocenters. The molecule has 5 heteroatoms. The van der Waals surface area contributed by atoms with Crippen LogP contribution in [0.1, 0.15) is 58.2 Å². The van der Waals surface area contributed by atoms with Gasteiger partial charge in [-0.15, -0.1) is 0 Å². The second-order valence-electron chi connectivity index (χ2n) is 5.98. The van der Waals surface area contributed by atoms with Crippen LogP contribution in [0.5, 0.6) is 6.01 Å². The monoisotopic (exact) mass is 318 g/mol. The number of ether oxygens (including phenoxy) is 1. The summed E-state index contributed by atoms with van der Waals surface area (Å²) in [5.41, 5.74) is 2.30. The molecule has 0 saturated heterocycles. The van der Waals surface area contributed by atoms with E-state index < -0.39 is 0 Å². The van der Waals surface area contributed by atoms with Gasteiger partial charge in [-0.1, -0.05) is 34.1 Å². The summed E-state index contributed by atoms with van der Waals surface area (Å²) >= 11 is 0. The highest BCUT2D eigenvalue weighted by Crippen LogP contribution is 2.27. The fourth-order valence-electron chi connectivity index (χ4n) is 2.80. The maximum absolute atomic E-state index is 8.94. The smallest absolute Gasteiger partial charge is 0.318 e. The van der Waals surface area contributed by atoms with Gasteiger partial charge < -0.3 is 9.64 Å². The molecule has 0 aliphatic rings. The Morgan fingerprint density at radius 2 is 1.96 bits per heavy atom. The Morgan fingerprint density at radius 1 is 1.22 bits per heavy atom. The van der Waals surface area contributed by atoms with Gasteiger partial charge in [0.05, 0.1) is 18.9 Å². The molecular formula is C18H30N4O. The summed E-state index contributed by atoms with van der Waals surface area (Å²) < 4.78 is 5.31. The molecule has 1 aromatic heterocycles. The predicted molar refractivity (Wildman–Crippen MR) is 93.9 cm³/mol. The summed E-state index contributed by atoms with van der Waals surface area (Å²) in [6.45, 7) is 10.3. The van der Waals surface area contributed by atoms with Gasteiger partial charge in [0, 0.05) is 25.1 Å². The molecule has 0 bridgehead atoms. The average Bonchev–Trinajstić information content (AvgIpc) is 2.55. The van der Waals surface area contributed by atoms with E-state index in [1.54, 1.807) is 7.11 Å². The number of anilines is 1. The molecule has 1 aromatic rings. The Bertz CT molecular complexity index is 524. The zero-order valence-corrected chi connectivity index (χ0v) is 15.2. The minimum Gasteiger partial charge on any atom is -0.467 e. The minimum atomic E-state index is 0.312. The lowest BCUT2D eigenvalue weighted by molar-refractivity contribution is 0.377. The number of nitrogens with zero attached hydrogens (tertiary/aromatic N) is 4. The summed E-state index contributed by atoms with van der Waals surface area (Å²) in [6, 6.07) is 2.70. The van der Waals surface area contributed by atoms with Crippen molar-refractivity contribution in [1.29, 1.82) is 5.26 Å². The van der Waals surface area contributed by atoms with Crippen molar-refractivity contribution in [2.24, 2.45) is 5.92 Å². The van der Waals surface area contributed by atoms with E-state index in [1.807, 2.05) is 0 Å². The van der Waals surface area contributed by atoms with Gasteiger partial charge in [0.25, 0.3) is 0 Å². The van der Waals surface area contributed by atoms with Crippen LogP contribution in [0.2, 0.25) is 0 Å². The van der Waals surface area contributed by atoms with E-state index in [-0.39, 0.29) is 0 Å². The minimum absolute atomic E-state index is 0.312. The van der Waals surface area contributed by atoms with Gasteiger partial charge in [0.2, 0.25) is 0 Å². The SMILES string of the molecule is CCCc1c(CC)nc(OC)nc1N(CCC)CC(C)CC#N. The van der Waals surface area contributed by atoms with Crippen LogP contribution in [-0.4, -0.2) is 30.2 Å². The lowest BCUT2D eigenvalue weighted by Gasteiger charge is -2.28. The van der Waals surface area contributed by atoms with Crippen molar-refractivity contribution >= 4 is 5.82 Å². The van der Waals surface area contributed by atoms with E-state index in [0.29, 0.717) is 18.3 Å². The van der Waals surface area contributed by atoms with E-state index in [2.05, 4.69) is 48.6 Å². The van der Waals surface area contributed by atoms with Crippen molar-refractivity contribution < 1.29 is 4.74 Å². The summed E-state index contributed by atoms with van der Waals surface area (Å²) in [7, 11) is 1.61. The van der Waals surface area contributed by atoms with Crippen molar-refractivity contribution in [2.45, 2.75) is 59.8 Å². The van der Waals surface area contributed by atoms with Crippen LogP contribution in [0.15, 0.2) is 0 Å². The molecule has 128 valence electrons. The fourth-order valence-corrected chi connectivity index (χ4v) is 2.80. The van der Waals surface area contributed by atoms with Gasteiger partial charge in [-0.25, -0.2) is 0 Å². The van der Waals surface area contributed by atoms with Crippen molar-refractivity contribution in [3.05, 3.63) is 11.3 Å². The van der Waals surface area contributed by atoms with Gasteiger partial charge in [0.1, 0.15) is 5.82 Å². The lowest BCUT2D eigenvalue weighted by Crippen LogP contribution is -2.31. The van der Waals surface area contributed by atoms with Crippen LogP contribution in [0.4, 0.5) is 5.82 Å². The van der Waals surface area contributed by atoms with Crippen LogP contribution in [0.25, 0.3) is 0 Å². The molecule has 0 aromatic carbocycles. The van der Waals surface area contributed by atoms with E-state index >= 15 is 0 Å². The Morgan fingerprint density at radius 3 is 2.48 bits per heavy atom. The Kier molecular flexibility index (Phi) is 8.39. The number of rotatable bonds is 10. The van der Waals surface area contributed by atoms with Crippen molar-refractivity contribution in [3.8, 4) is 12.1 Å². The first-order valence-corrected chi connectivity index (χ1v) is 8.66. The topological polar surface area (TPSA) is 62.0 Å². The third-order valence-electron chi connectivity index (χ3n) is 3.83. The second kappa shape index (κ2) is 10.0. The molecule has 23 heavy (non-hydrogen) atoms. The van der Waals surface area contributed by atoms with E-state index in [9.17, 15) is 0 Å². The van der Waals surface area contributed by atoms with Crippen molar-refractivity contribution in [1.82, 2.24) is 9.97 Å². The maximum atomic E-state index is 8.94. The summed E-state index contributed by atoms with van der Waals surface area (Å²) in [5, 5.41) is 8.94. The average molecular weight is 318 g/mol. The van der Waals surface area contributed by atoms with Crippen molar-refractivity contribution in [2.75, 3.05) is 25.1 Å². The van der Waals surface area contributed by atoms with Crippen LogP contribution in [0.3, 0.4) is 0 Å². The highest BCUT2D eigenvalue weighted by atomic mass is 16.5. The molecular weight excluding hydrogens is 288 g/mol. The molecule has 1 heterocycles. The predicted octanol–water partition coefficient (Wildman–Crippen LogP) is 3.77. The van der Waals surface area contributed by atoms with Crippen LogP contribution in [-0.2, 0) is 12.8 Å². The molecule has 0 spiro atoms. The molecule has 0 radical (unpaired) electrons. The van der Waals surface area contributed by atoms with E-state index in [4.69, 9.17) is 10.00 Å². The molecule has 0 aliphatic heterocycles. The third kappa shape index (κ3) is 5.38. The summed E-state index contributed by atoms with van der Waals surface area (Å²) in [5.74, 6) is 1.30. The first-order valence-electron chi connectivity index (χ1n) is 8.66. The standard InChI is InChI=1S/C18H30N4O/c1-6-9-15-16(8-3)20-18(23-5)21-17(15)22(12-7-2)13-14(4)10-11-19/h14H,6-10,12-13H2,1-5H3. The zero-order chi connectivity index (χ0) is 17.2. The Hall–Kier alpha value is -1.83. The normalized spacial score (nSPS) is 11.8. The molecule has 0 N–H and O–H groups in total. The number of nitriles is 1. The molecule has 1 rings (SSSR count). The summed E-state index contributed by atoms with van der Waals surface area (Å²) in [6.07, 6.45) is 4.50. The first kappa shape index (κ1) is 19.2. The van der Waals surface area contributed by atoms with Crippen LogP contribution < -0.4 is 9.64 Å². The molecule has 0 saturated carbocycles. The molecule has 5 nitrogen and oxygen atoms in total. The highest BCUT2D eigenvalue weighted by molar-refractivity contribution is 5.50. The van der Waals surface area contributed by atoms with E-state index in [1.165, 1.54) is 5.56 Å². The van der Waals surface area contributed by atoms with Gasteiger partial charge in [-0.3, -0.25) is 0 Å². The fraction of sp³-hybridized carbons (Fsp3) is 0.722. The molecule has 1 unspecified atom stereocenters. The quantitative estimate of drug-likeness (QED) is 0.657. The van der Waals surface area contributed by atoms with E-state index in [0.717, 1.165) is 50.3 Å². The second-order valence-corrected chi connectivity index (χ2v) is 5.98. The molecule has 0 amide bonds. The zero-order valence-electron chi connectivity index (χ0n) is 15.2. The summed E-state index contributed by atoms with van der Waals surface area (Å²) in [4.78, 5) is 11.5.